The summed E-state index contributed by atoms with van der Waals surface area (Å²) < 4.78 is 13.0. The van der Waals surface area contributed by atoms with Gasteiger partial charge in [0.15, 0.2) is 17.5 Å². The minimum Gasteiger partial charge on any atom is -0.456 e. The highest BCUT2D eigenvalue weighted by molar-refractivity contribution is 6.16. The summed E-state index contributed by atoms with van der Waals surface area (Å²) in [5, 5.41) is 6.34. The van der Waals surface area contributed by atoms with Crippen LogP contribution in [-0.4, -0.2) is 15.0 Å². The standard InChI is InChI=1S/C48H31N3O2/c1-2-3-5-13-30-22-25-41-38(26-30)44-36(19-12-21-42(44)52-41)35-28-39(45-37-18-10-11-20-40(37)53-43(45)29-35)48-50-46(32-15-6-4-7-16-32)49-47(51-48)34-24-23-31-14-8-9-17-33(31)27-34/h2-29H,1H3/b3-2-,13-5-. The molecule has 3 aromatic heterocycles. The number of para-hydroxylation sites is 1. The monoisotopic (exact) mass is 681 g/mol. The van der Waals surface area contributed by atoms with E-state index in [1.54, 1.807) is 0 Å². The lowest BCUT2D eigenvalue weighted by Crippen LogP contribution is -2.00. The smallest absolute Gasteiger partial charge is 0.164 e. The van der Waals surface area contributed by atoms with Crippen LogP contribution in [0.1, 0.15) is 12.5 Å². The van der Waals surface area contributed by atoms with Crippen molar-refractivity contribution in [2.45, 2.75) is 6.92 Å². The van der Waals surface area contributed by atoms with Gasteiger partial charge in [-0.25, -0.2) is 15.0 Å². The Kier molecular flexibility index (Phi) is 7.29. The van der Waals surface area contributed by atoms with Crippen molar-refractivity contribution < 1.29 is 8.83 Å². The van der Waals surface area contributed by atoms with Gasteiger partial charge in [0.2, 0.25) is 0 Å². The summed E-state index contributed by atoms with van der Waals surface area (Å²) in [4.78, 5) is 15.5. The van der Waals surface area contributed by atoms with Crippen LogP contribution >= 0.6 is 0 Å². The van der Waals surface area contributed by atoms with Crippen molar-refractivity contribution in [3.05, 3.63) is 169 Å². The Morgan fingerprint density at radius 3 is 2.04 bits per heavy atom. The Morgan fingerprint density at radius 1 is 0.434 bits per heavy atom. The van der Waals surface area contributed by atoms with Gasteiger partial charge in [-0.2, -0.15) is 0 Å². The molecule has 0 aliphatic rings. The van der Waals surface area contributed by atoms with Gasteiger partial charge < -0.3 is 8.83 Å². The molecular weight excluding hydrogens is 651 g/mol. The number of furan rings is 2. The van der Waals surface area contributed by atoms with Gasteiger partial charge in [-0.05, 0) is 76.9 Å². The average Bonchev–Trinajstić information content (AvgIpc) is 3.79. The zero-order valence-electron chi connectivity index (χ0n) is 28.8. The molecule has 5 nitrogen and oxygen atoms in total. The van der Waals surface area contributed by atoms with Crippen molar-refractivity contribution in [1.29, 1.82) is 0 Å². The number of allylic oxidation sites excluding steroid dienone is 3. The molecule has 53 heavy (non-hydrogen) atoms. The molecule has 0 unspecified atom stereocenters. The first-order valence-corrected chi connectivity index (χ1v) is 17.7. The number of aromatic nitrogens is 3. The minimum absolute atomic E-state index is 0.570. The quantitative estimate of drug-likeness (QED) is 0.163. The Bertz CT molecular complexity index is 3080. The maximum atomic E-state index is 6.60. The van der Waals surface area contributed by atoms with Crippen LogP contribution in [0.3, 0.4) is 0 Å². The molecule has 0 bridgehead atoms. The van der Waals surface area contributed by atoms with Crippen molar-refractivity contribution in [1.82, 2.24) is 15.0 Å². The van der Waals surface area contributed by atoms with Gasteiger partial charge in [0.25, 0.3) is 0 Å². The third-order valence-electron chi connectivity index (χ3n) is 9.82. The Morgan fingerprint density at radius 2 is 1.15 bits per heavy atom. The Hall–Kier alpha value is -7.11. The van der Waals surface area contributed by atoms with E-state index in [0.29, 0.717) is 17.5 Å². The number of nitrogens with zero attached hydrogens (tertiary/aromatic N) is 3. The highest BCUT2D eigenvalue weighted by Gasteiger charge is 2.21. The molecule has 0 spiro atoms. The maximum Gasteiger partial charge on any atom is 0.164 e. The Labute approximate surface area is 305 Å². The van der Waals surface area contributed by atoms with Gasteiger partial charge in [0.1, 0.15) is 22.3 Å². The van der Waals surface area contributed by atoms with Crippen LogP contribution in [0.5, 0.6) is 0 Å². The van der Waals surface area contributed by atoms with Crippen molar-refractivity contribution in [3.8, 4) is 45.3 Å². The fourth-order valence-corrected chi connectivity index (χ4v) is 7.32. The van der Waals surface area contributed by atoms with E-state index in [9.17, 15) is 0 Å². The molecule has 0 radical (unpaired) electrons. The average molecular weight is 682 g/mol. The maximum absolute atomic E-state index is 6.60. The fourth-order valence-electron chi connectivity index (χ4n) is 7.32. The number of hydrogen-bond donors (Lipinski definition) is 0. The molecule has 0 fully saturated rings. The third-order valence-corrected chi connectivity index (χ3v) is 9.82. The zero-order chi connectivity index (χ0) is 35.3. The molecule has 7 aromatic carbocycles. The van der Waals surface area contributed by atoms with Crippen LogP contribution in [0.4, 0.5) is 0 Å². The molecule has 5 heteroatoms. The highest BCUT2D eigenvalue weighted by atomic mass is 16.3. The van der Waals surface area contributed by atoms with Crippen LogP contribution in [0.25, 0.3) is 106 Å². The molecule has 0 aliphatic heterocycles. The van der Waals surface area contributed by atoms with Gasteiger partial charge in [-0.3, -0.25) is 0 Å². The summed E-state index contributed by atoms with van der Waals surface area (Å²) >= 11 is 0. The largest absolute Gasteiger partial charge is 0.456 e. The van der Waals surface area contributed by atoms with Crippen LogP contribution in [-0.2, 0) is 0 Å². The van der Waals surface area contributed by atoms with Crippen molar-refractivity contribution in [2.75, 3.05) is 0 Å². The topological polar surface area (TPSA) is 65.0 Å². The molecule has 0 saturated carbocycles. The van der Waals surface area contributed by atoms with E-state index in [4.69, 9.17) is 23.8 Å². The summed E-state index contributed by atoms with van der Waals surface area (Å²) in [5.74, 6) is 1.78. The Balaban J connectivity index is 1.25. The van der Waals surface area contributed by atoms with E-state index >= 15 is 0 Å². The summed E-state index contributed by atoms with van der Waals surface area (Å²) in [5.41, 5.74) is 9.03. The molecule has 3 heterocycles. The van der Waals surface area contributed by atoms with Crippen LogP contribution in [0, 0.1) is 0 Å². The second kappa shape index (κ2) is 12.6. The lowest BCUT2D eigenvalue weighted by atomic mass is 9.95. The fraction of sp³-hybridized carbons (Fsp3) is 0.0208. The zero-order valence-corrected chi connectivity index (χ0v) is 28.8. The van der Waals surface area contributed by atoms with Gasteiger partial charge in [0, 0.05) is 38.2 Å². The molecule has 0 amide bonds. The van der Waals surface area contributed by atoms with Gasteiger partial charge in [-0.15, -0.1) is 0 Å². The first kappa shape index (κ1) is 30.7. The molecule has 10 rings (SSSR count). The first-order valence-electron chi connectivity index (χ1n) is 17.7. The lowest BCUT2D eigenvalue weighted by Gasteiger charge is -2.12. The van der Waals surface area contributed by atoms with Crippen molar-refractivity contribution in [2.24, 2.45) is 0 Å². The number of fused-ring (bicyclic) bond motifs is 7. The van der Waals surface area contributed by atoms with Gasteiger partial charge in [0.05, 0.1) is 0 Å². The van der Waals surface area contributed by atoms with E-state index < -0.39 is 0 Å². The van der Waals surface area contributed by atoms with Crippen molar-refractivity contribution >= 4 is 60.7 Å². The summed E-state index contributed by atoms with van der Waals surface area (Å²) in [6.45, 7) is 2.01. The number of benzene rings is 7. The molecule has 250 valence electrons. The van der Waals surface area contributed by atoms with Crippen LogP contribution in [0.2, 0.25) is 0 Å². The predicted octanol–water partition coefficient (Wildman–Crippen LogP) is 13.1. The van der Waals surface area contributed by atoms with Crippen LogP contribution in [0.15, 0.2) is 173 Å². The second-order valence-electron chi connectivity index (χ2n) is 13.2. The molecule has 10 aromatic rings. The molecule has 0 aliphatic carbocycles. The summed E-state index contributed by atoms with van der Waals surface area (Å²) in [7, 11) is 0. The SMILES string of the molecule is C/C=C\C=C/c1ccc2oc3cccc(-c4cc(-c5nc(-c6ccccc6)nc(-c6ccc7ccccc7c6)n5)c5c(c4)oc4ccccc45)c3c2c1. The minimum atomic E-state index is 0.570. The molecule has 0 N–H and O–H groups in total. The predicted molar refractivity (Wildman–Crippen MR) is 217 cm³/mol. The van der Waals surface area contributed by atoms with E-state index in [2.05, 4.69) is 91.0 Å². The van der Waals surface area contributed by atoms with E-state index in [1.165, 1.54) is 0 Å². The normalized spacial score (nSPS) is 12.1. The lowest BCUT2D eigenvalue weighted by molar-refractivity contribution is 0.668. The van der Waals surface area contributed by atoms with Gasteiger partial charge in [-0.1, -0.05) is 127 Å². The molecule has 0 saturated heterocycles. The third kappa shape index (κ3) is 5.38. The summed E-state index contributed by atoms with van der Waals surface area (Å²) in [6, 6.07) is 49.8. The number of hydrogen-bond acceptors (Lipinski definition) is 5. The van der Waals surface area contributed by atoms with Gasteiger partial charge >= 0.3 is 0 Å². The van der Waals surface area contributed by atoms with Crippen LogP contribution < -0.4 is 0 Å². The second-order valence-corrected chi connectivity index (χ2v) is 13.2. The van der Waals surface area contributed by atoms with E-state index in [-0.39, 0.29) is 0 Å². The highest BCUT2D eigenvalue weighted by Crippen LogP contribution is 2.43. The van der Waals surface area contributed by atoms with E-state index in [0.717, 1.165) is 88.0 Å². The van der Waals surface area contributed by atoms with E-state index in [1.807, 2.05) is 85.8 Å². The number of rotatable bonds is 6. The van der Waals surface area contributed by atoms with Crippen molar-refractivity contribution in [3.63, 3.8) is 0 Å². The first-order chi connectivity index (χ1) is 26.2. The summed E-state index contributed by atoms with van der Waals surface area (Å²) in [6.07, 6.45) is 8.21. The molecule has 0 atom stereocenters. The molecular formula is C48H31N3O2.